The van der Waals surface area contributed by atoms with Crippen molar-refractivity contribution in [2.24, 2.45) is 5.92 Å². The second-order valence-electron chi connectivity index (χ2n) is 29.7. The van der Waals surface area contributed by atoms with E-state index in [9.17, 15) is 90.2 Å². The zero-order chi connectivity index (χ0) is 97.6. The van der Waals surface area contributed by atoms with Crippen molar-refractivity contribution < 1.29 is 107 Å². The standard InChI is InChI=1S/C19H18N2O6S.C19H18N2O5S.C18H13F3N2O5S.C18H22N2O4S.C17H14N2O5S/c1-10(22)14-8-16-15(27-18(14)23)9-17(28-16)21(2)19(24)20-11-5-12(25-3)7-13(6-11)26-4;1-4-25-13-7-5-12(6-8-13)20-19(24)21(3)17-10-15-16(27-17)9-14(11(2)22)18(23)26-15;1-9(24)12-7-14-13(27-16(12)25)8-15(29-14)23(2)17(26)22-10-3-5-11(6-4-10)28-18(19,20)21;1-10-4-6-12(7-5-10)19-18(23)20(3)16-9-14-15(25-16)8-13(11(2)21)17(22)24-14;1-9(20)12-7-14-13(24-16(12)22)8-15(25-14)19(2)17(23)18-10-3-5-11(21)6-4-10/h5-9H,1-4H3,(H,20,24);5-10H,4H2,1-3H3,(H,20,24);3-8H,1-2H3,(H,22,26);8-10,12H,4-7H2,1-3H3,(H,19,23);3-8,21H,1-2H3,(H,18,23). The molecule has 10 heterocycles. The Labute approximate surface area is 777 Å². The van der Waals surface area contributed by atoms with Crippen molar-refractivity contribution in [3.05, 3.63) is 232 Å². The second-order valence-corrected chi connectivity index (χ2v) is 35.0. The van der Waals surface area contributed by atoms with Gasteiger partial charge >= 0.3 is 64.6 Å². The van der Waals surface area contributed by atoms with E-state index in [1.807, 2.05) is 6.92 Å². The predicted octanol–water partition coefficient (Wildman–Crippen LogP) is 19.7. The van der Waals surface area contributed by atoms with Gasteiger partial charge in [-0.2, -0.15) is 0 Å². The fraction of sp³-hybridized carbons (Fsp3) is 0.242. The van der Waals surface area contributed by atoms with Gasteiger partial charge in [0.1, 0.15) is 81.6 Å². The summed E-state index contributed by atoms with van der Waals surface area (Å²) in [6.07, 6.45) is -0.523. The van der Waals surface area contributed by atoms with Crippen LogP contribution in [0.4, 0.5) is 84.9 Å². The van der Waals surface area contributed by atoms with Gasteiger partial charge < -0.3 is 72.7 Å². The van der Waals surface area contributed by atoms with Gasteiger partial charge in [-0.15, -0.1) is 69.9 Å². The summed E-state index contributed by atoms with van der Waals surface area (Å²) in [5.41, 5.74) is -0.0613. The number of hydrogen-bond acceptors (Lipinski definition) is 30. The summed E-state index contributed by atoms with van der Waals surface area (Å²) in [7, 11) is 11.0. The Morgan fingerprint density at radius 2 is 0.634 bits per heavy atom. The number of nitrogens with one attached hydrogen (secondary N) is 5. The van der Waals surface area contributed by atoms with Crippen LogP contribution in [0, 0.1) is 5.92 Å². The molecule has 0 saturated heterocycles. The molecule has 0 aliphatic heterocycles. The van der Waals surface area contributed by atoms with E-state index in [2.05, 4.69) is 38.2 Å². The number of urea groups is 5. The molecule has 0 radical (unpaired) electrons. The summed E-state index contributed by atoms with van der Waals surface area (Å²) in [4.78, 5) is 186. The molecule has 0 atom stereocenters. The van der Waals surface area contributed by atoms with Crippen molar-refractivity contribution in [3.8, 4) is 28.7 Å². The number of carbonyl (C=O) groups is 10. The molecule has 14 aromatic rings. The number of thiophene rings is 5. The second kappa shape index (κ2) is 43.3. The van der Waals surface area contributed by atoms with Crippen molar-refractivity contribution in [1.29, 1.82) is 0 Å². The fourth-order valence-corrected chi connectivity index (χ4v) is 17.5. The highest BCUT2D eigenvalue weighted by Gasteiger charge is 2.32. The third-order valence-electron chi connectivity index (χ3n) is 19.9. The van der Waals surface area contributed by atoms with E-state index in [0.29, 0.717) is 106 Å². The van der Waals surface area contributed by atoms with Crippen LogP contribution < -0.4 is 98.2 Å². The number of benzene rings is 4. The minimum atomic E-state index is -4.80. The number of phenolic OH excluding ortho intramolecular Hbond substituents is 1. The average molecular weight is 1940 g/mol. The molecule has 134 heavy (non-hydrogen) atoms. The fourth-order valence-electron chi connectivity index (χ4n) is 12.5. The SMILES string of the molecule is CC(=O)c1cc2sc(N(C)C(=O)NC3CCC(C)CC3)cc2oc1=O.CC(=O)c1cc2sc(N(C)C(=O)Nc3ccc(O)cc3)cc2oc1=O.CC(=O)c1cc2sc(N(C)C(=O)Nc3ccc(OC(F)(F)F)cc3)cc2oc1=O.CCOc1ccc(NC(=O)N(C)c2cc3oc(=O)c(C(C)=O)cc3s2)cc1.COc1cc(NC(=O)N(C)c2cc3oc(=O)c(C(C)=O)cc3s2)cc(OC)c1. The lowest BCUT2D eigenvalue weighted by Crippen LogP contribution is -2.44. The van der Waals surface area contributed by atoms with Crippen LogP contribution >= 0.6 is 56.7 Å². The first-order chi connectivity index (χ1) is 63.4. The van der Waals surface area contributed by atoms with Crippen molar-refractivity contribution in [1.82, 2.24) is 5.32 Å². The molecular formula is C91H85F3N10O25S5. The van der Waals surface area contributed by atoms with Gasteiger partial charge in [-0.3, -0.25) is 48.5 Å². The molecule has 4 aromatic carbocycles. The molecule has 700 valence electrons. The van der Waals surface area contributed by atoms with Crippen LogP contribution in [0.15, 0.2) is 198 Å². The molecule has 1 aliphatic carbocycles. The van der Waals surface area contributed by atoms with Crippen molar-refractivity contribution in [2.75, 3.05) is 102 Å². The van der Waals surface area contributed by atoms with E-state index < -0.39 is 64.1 Å². The zero-order valence-corrected chi connectivity index (χ0v) is 77.9. The third kappa shape index (κ3) is 25.4. The lowest BCUT2D eigenvalue weighted by Gasteiger charge is -2.28. The van der Waals surface area contributed by atoms with E-state index in [-0.39, 0.29) is 86.1 Å². The number of hydrogen-bond donors (Lipinski definition) is 6. The number of methoxy groups -OCH3 is 2. The van der Waals surface area contributed by atoms with E-state index in [1.54, 1.807) is 107 Å². The number of fused-ring (bicyclic) bond motifs is 5. The van der Waals surface area contributed by atoms with Crippen molar-refractivity contribution >= 4 is 215 Å². The van der Waals surface area contributed by atoms with Gasteiger partial charge in [0.15, 0.2) is 56.8 Å². The van der Waals surface area contributed by atoms with Gasteiger partial charge in [-0.25, -0.2) is 47.9 Å². The highest BCUT2D eigenvalue weighted by molar-refractivity contribution is 7.24. The highest BCUT2D eigenvalue weighted by Crippen LogP contribution is 2.39. The van der Waals surface area contributed by atoms with Gasteiger partial charge in [-0.05, 0) is 176 Å². The van der Waals surface area contributed by atoms with Crippen LogP contribution in [0.25, 0.3) is 51.4 Å². The van der Waals surface area contributed by atoms with Gasteiger partial charge in [0, 0.05) is 113 Å². The van der Waals surface area contributed by atoms with E-state index in [0.717, 1.165) is 60.8 Å². The Balaban J connectivity index is 0.000000161. The maximum absolute atomic E-state index is 12.6. The van der Waals surface area contributed by atoms with Crippen molar-refractivity contribution in [3.63, 3.8) is 0 Å². The van der Waals surface area contributed by atoms with Crippen LogP contribution in [-0.4, -0.2) is 133 Å². The normalized spacial score (nSPS) is 12.6. The number of Topliss-reactive ketones (excluding diaryl/α,β-unsaturated/α-hetero) is 5. The Hall–Kier alpha value is -15.1. The average Bonchev–Trinajstić information content (AvgIpc) is 1.67. The zero-order valence-electron chi connectivity index (χ0n) is 73.8. The summed E-state index contributed by atoms with van der Waals surface area (Å²) < 4.78 is 84.9. The number of alkyl halides is 3. The number of aromatic hydroxyl groups is 1. The predicted molar refractivity (Wildman–Crippen MR) is 508 cm³/mol. The molecule has 0 unspecified atom stereocenters. The van der Waals surface area contributed by atoms with Gasteiger partial charge in [0.05, 0.1) is 44.3 Å². The Kier molecular flexibility index (Phi) is 32.2. The lowest BCUT2D eigenvalue weighted by atomic mass is 9.87. The molecule has 1 fully saturated rings. The minimum absolute atomic E-state index is 0.00241. The Bertz CT molecular complexity index is 7120. The summed E-state index contributed by atoms with van der Waals surface area (Å²) in [5.74, 6) is 0.363. The Morgan fingerprint density at radius 3 is 0.896 bits per heavy atom. The molecule has 1 saturated carbocycles. The molecule has 10 aromatic heterocycles. The van der Waals surface area contributed by atoms with E-state index in [1.165, 1.54) is 186 Å². The molecule has 10 amide bonds. The number of ether oxygens (including phenoxy) is 4. The Morgan fingerprint density at radius 1 is 0.373 bits per heavy atom. The molecular weight excluding hydrogens is 1850 g/mol. The first-order valence-corrected chi connectivity index (χ1v) is 44.3. The maximum Gasteiger partial charge on any atom is 0.573 e. The number of phenols is 1. The van der Waals surface area contributed by atoms with Crippen molar-refractivity contribution in [2.45, 2.75) is 86.6 Å². The first-order valence-electron chi connectivity index (χ1n) is 40.2. The first kappa shape index (κ1) is 99.5. The number of ketones is 5. The quantitative estimate of drug-likeness (QED) is 0.0305. The lowest BCUT2D eigenvalue weighted by molar-refractivity contribution is -0.274. The minimum Gasteiger partial charge on any atom is -0.508 e. The summed E-state index contributed by atoms with van der Waals surface area (Å²) in [6, 6.07) is 36.4. The molecule has 0 bridgehead atoms. The van der Waals surface area contributed by atoms with Crippen LogP contribution in [0.5, 0.6) is 28.7 Å². The van der Waals surface area contributed by atoms with Gasteiger partial charge in [0.2, 0.25) is 0 Å². The number of anilines is 9. The number of halogens is 3. The topological polar surface area (TPSA) is 455 Å². The monoisotopic (exact) mass is 1930 g/mol. The maximum atomic E-state index is 12.6. The molecule has 43 heteroatoms. The van der Waals surface area contributed by atoms with Gasteiger partial charge in [0.25, 0.3) is 0 Å². The molecule has 1 aliphatic rings. The van der Waals surface area contributed by atoms with E-state index in [4.69, 9.17) is 36.3 Å². The summed E-state index contributed by atoms with van der Waals surface area (Å²) >= 11 is 6.16. The number of nitrogens with zero attached hydrogens (tertiary/aromatic N) is 5. The number of amides is 10. The van der Waals surface area contributed by atoms with Crippen LogP contribution in [-0.2, 0) is 0 Å². The van der Waals surface area contributed by atoms with Crippen LogP contribution in [0.2, 0.25) is 0 Å². The molecule has 0 spiro atoms. The van der Waals surface area contributed by atoms with Crippen LogP contribution in [0.3, 0.4) is 0 Å². The van der Waals surface area contributed by atoms with Gasteiger partial charge in [-0.1, -0.05) is 6.92 Å². The number of carbonyl (C=O) groups excluding carboxylic acids is 10. The smallest absolute Gasteiger partial charge is 0.508 e. The van der Waals surface area contributed by atoms with E-state index >= 15 is 0 Å². The molecule has 35 nitrogen and oxygen atoms in total. The summed E-state index contributed by atoms with van der Waals surface area (Å²) in [5, 5.41) is 25.9. The number of rotatable bonds is 20. The van der Waals surface area contributed by atoms with Crippen LogP contribution in [0.1, 0.15) is 126 Å². The molecule has 6 N–H and O–H groups in total. The third-order valence-corrected chi connectivity index (χ3v) is 25.6. The highest BCUT2D eigenvalue weighted by atomic mass is 32.1. The summed E-state index contributed by atoms with van der Waals surface area (Å²) in [6.45, 7) is 11.2. The molecule has 15 rings (SSSR count). The largest absolute Gasteiger partial charge is 0.573 e.